The van der Waals surface area contributed by atoms with Gasteiger partial charge >= 0.3 is 0 Å². The van der Waals surface area contributed by atoms with Crippen LogP contribution in [0.3, 0.4) is 0 Å². The predicted molar refractivity (Wildman–Crippen MR) is 90.7 cm³/mol. The van der Waals surface area contributed by atoms with Crippen LogP contribution in [0.1, 0.15) is 44.6 Å². The third-order valence-corrected chi connectivity index (χ3v) is 5.22. The molecule has 1 saturated heterocycles. The van der Waals surface area contributed by atoms with Crippen LogP contribution in [0.15, 0.2) is 22.7 Å². The van der Waals surface area contributed by atoms with E-state index in [2.05, 4.69) is 44.3 Å². The van der Waals surface area contributed by atoms with Crippen molar-refractivity contribution >= 4 is 21.6 Å². The second-order valence-corrected chi connectivity index (χ2v) is 7.63. The first-order valence-corrected chi connectivity index (χ1v) is 8.82. The molecule has 2 fully saturated rings. The van der Waals surface area contributed by atoms with Crippen LogP contribution >= 0.6 is 15.9 Å². The topological polar surface area (TPSA) is 35.5 Å². The first kappa shape index (κ1) is 15.3. The van der Waals surface area contributed by atoms with E-state index in [4.69, 9.17) is 0 Å². The molecule has 116 valence electrons. The number of nitrogens with zero attached hydrogens (tertiary/aromatic N) is 1. The Labute approximate surface area is 135 Å². The van der Waals surface area contributed by atoms with Crippen molar-refractivity contribution < 1.29 is 5.11 Å². The van der Waals surface area contributed by atoms with Gasteiger partial charge < -0.3 is 15.3 Å². The Morgan fingerprint density at radius 1 is 1.33 bits per heavy atom. The summed E-state index contributed by atoms with van der Waals surface area (Å²) in [4.78, 5) is 2.39. The number of hydrogen-bond acceptors (Lipinski definition) is 3. The minimum atomic E-state index is -0.505. The number of anilines is 1. The second kappa shape index (κ2) is 6.27. The first-order valence-electron chi connectivity index (χ1n) is 8.03. The van der Waals surface area contributed by atoms with Gasteiger partial charge in [-0.15, -0.1) is 0 Å². The monoisotopic (exact) mass is 352 g/mol. The molecule has 1 aromatic rings. The van der Waals surface area contributed by atoms with Crippen LogP contribution < -0.4 is 10.2 Å². The largest absolute Gasteiger partial charge is 0.390 e. The zero-order valence-corrected chi connectivity index (χ0v) is 14.3. The number of nitrogens with one attached hydrogen (secondary N) is 1. The fourth-order valence-corrected chi connectivity index (χ4v) is 3.65. The molecule has 4 heteroatoms. The van der Waals surface area contributed by atoms with Crippen LogP contribution in [0.2, 0.25) is 0 Å². The average molecular weight is 353 g/mol. The molecule has 0 spiro atoms. The molecule has 1 aliphatic heterocycles. The minimum Gasteiger partial charge on any atom is -0.390 e. The van der Waals surface area contributed by atoms with Gasteiger partial charge in [-0.25, -0.2) is 0 Å². The van der Waals surface area contributed by atoms with Crippen molar-refractivity contribution in [3.05, 3.63) is 28.2 Å². The molecule has 3 nitrogen and oxygen atoms in total. The Hall–Kier alpha value is -0.580. The first-order chi connectivity index (χ1) is 10.0. The van der Waals surface area contributed by atoms with E-state index >= 15 is 0 Å². The maximum absolute atomic E-state index is 10.2. The van der Waals surface area contributed by atoms with Gasteiger partial charge in [0.25, 0.3) is 0 Å². The third kappa shape index (κ3) is 4.21. The number of aliphatic hydroxyl groups is 1. The fraction of sp³-hybridized carbons (Fsp3) is 0.647. The second-order valence-electron chi connectivity index (χ2n) is 6.78. The molecule has 1 aliphatic carbocycles. The Balaban J connectivity index is 1.66. The van der Waals surface area contributed by atoms with E-state index in [1.807, 2.05) is 6.92 Å². The zero-order valence-electron chi connectivity index (χ0n) is 12.7. The Morgan fingerprint density at radius 3 is 2.86 bits per heavy atom. The highest BCUT2D eigenvalue weighted by Crippen LogP contribution is 2.31. The standard InChI is InChI=1S/C17H25BrN2O/c1-17(21)7-2-9-20(10-8-17)16-6-3-13(11-15(16)18)12-19-14-4-5-14/h3,6,11,14,19,21H,2,4-5,7-10,12H2,1H3. The van der Waals surface area contributed by atoms with Gasteiger partial charge in [0.1, 0.15) is 0 Å². The van der Waals surface area contributed by atoms with E-state index in [1.54, 1.807) is 0 Å². The molecular weight excluding hydrogens is 328 g/mol. The van der Waals surface area contributed by atoms with Crippen molar-refractivity contribution in [2.45, 2.75) is 57.2 Å². The van der Waals surface area contributed by atoms with Crippen molar-refractivity contribution in [2.24, 2.45) is 0 Å². The van der Waals surface area contributed by atoms with E-state index in [0.717, 1.165) is 44.9 Å². The molecule has 1 saturated carbocycles. The zero-order chi connectivity index (χ0) is 14.9. The summed E-state index contributed by atoms with van der Waals surface area (Å²) in [6.07, 6.45) is 5.43. The summed E-state index contributed by atoms with van der Waals surface area (Å²) in [6, 6.07) is 7.41. The van der Waals surface area contributed by atoms with Gasteiger partial charge in [0.05, 0.1) is 11.3 Å². The van der Waals surface area contributed by atoms with E-state index in [1.165, 1.54) is 28.6 Å². The summed E-state index contributed by atoms with van der Waals surface area (Å²) in [5.41, 5.74) is 2.08. The van der Waals surface area contributed by atoms with Crippen LogP contribution in [0.4, 0.5) is 5.69 Å². The highest BCUT2D eigenvalue weighted by molar-refractivity contribution is 9.10. The Bertz CT molecular complexity index is 500. The van der Waals surface area contributed by atoms with E-state index in [-0.39, 0.29) is 0 Å². The Kier molecular flexibility index (Phi) is 4.57. The number of halogens is 1. The molecule has 2 N–H and O–H groups in total. The van der Waals surface area contributed by atoms with Gasteiger partial charge in [-0.3, -0.25) is 0 Å². The van der Waals surface area contributed by atoms with Crippen molar-refractivity contribution in [3.8, 4) is 0 Å². The van der Waals surface area contributed by atoms with E-state index in [0.29, 0.717) is 0 Å². The summed E-state index contributed by atoms with van der Waals surface area (Å²) in [5.74, 6) is 0. The minimum absolute atomic E-state index is 0.505. The highest BCUT2D eigenvalue weighted by Gasteiger charge is 2.25. The Morgan fingerprint density at radius 2 is 2.14 bits per heavy atom. The van der Waals surface area contributed by atoms with Crippen molar-refractivity contribution in [3.63, 3.8) is 0 Å². The van der Waals surface area contributed by atoms with Gasteiger partial charge in [0, 0.05) is 30.1 Å². The van der Waals surface area contributed by atoms with E-state index in [9.17, 15) is 5.11 Å². The fourth-order valence-electron chi connectivity index (χ4n) is 2.97. The number of hydrogen-bond donors (Lipinski definition) is 2. The van der Waals surface area contributed by atoms with Crippen molar-refractivity contribution in [1.29, 1.82) is 0 Å². The summed E-state index contributed by atoms with van der Waals surface area (Å²) >= 11 is 3.73. The van der Waals surface area contributed by atoms with Crippen LogP contribution in [0.5, 0.6) is 0 Å². The number of benzene rings is 1. The van der Waals surface area contributed by atoms with Crippen LogP contribution in [-0.2, 0) is 6.54 Å². The predicted octanol–water partition coefficient (Wildman–Crippen LogP) is 3.44. The molecule has 1 heterocycles. The summed E-state index contributed by atoms with van der Waals surface area (Å²) in [6.45, 7) is 4.86. The molecule has 0 bridgehead atoms. The lowest BCUT2D eigenvalue weighted by atomic mass is 9.98. The maximum Gasteiger partial charge on any atom is 0.0637 e. The SMILES string of the molecule is CC1(O)CCCN(c2ccc(CNC3CC3)cc2Br)CC1. The molecular formula is C17H25BrN2O. The lowest BCUT2D eigenvalue weighted by Gasteiger charge is -2.25. The smallest absolute Gasteiger partial charge is 0.0637 e. The lowest BCUT2D eigenvalue weighted by molar-refractivity contribution is 0.0481. The molecule has 1 unspecified atom stereocenters. The molecule has 2 aliphatic rings. The lowest BCUT2D eigenvalue weighted by Crippen LogP contribution is -2.28. The molecule has 1 atom stereocenters. The molecule has 3 rings (SSSR count). The maximum atomic E-state index is 10.2. The van der Waals surface area contributed by atoms with E-state index < -0.39 is 5.60 Å². The van der Waals surface area contributed by atoms with Crippen LogP contribution in [0.25, 0.3) is 0 Å². The van der Waals surface area contributed by atoms with Gasteiger partial charge in [-0.2, -0.15) is 0 Å². The molecule has 1 aromatic carbocycles. The van der Waals surface area contributed by atoms with Crippen LogP contribution in [0, 0.1) is 0 Å². The molecule has 0 amide bonds. The van der Waals surface area contributed by atoms with Gasteiger partial charge in [0.15, 0.2) is 0 Å². The van der Waals surface area contributed by atoms with Gasteiger partial charge in [0.2, 0.25) is 0 Å². The highest BCUT2D eigenvalue weighted by atomic mass is 79.9. The third-order valence-electron chi connectivity index (χ3n) is 4.59. The van der Waals surface area contributed by atoms with Gasteiger partial charge in [-0.05, 0) is 72.7 Å². The van der Waals surface area contributed by atoms with Crippen molar-refractivity contribution in [1.82, 2.24) is 5.32 Å². The molecule has 0 radical (unpaired) electrons. The summed E-state index contributed by atoms with van der Waals surface area (Å²) in [5, 5.41) is 13.8. The van der Waals surface area contributed by atoms with Gasteiger partial charge in [-0.1, -0.05) is 6.07 Å². The number of rotatable bonds is 4. The van der Waals surface area contributed by atoms with Crippen LogP contribution in [-0.4, -0.2) is 29.8 Å². The average Bonchev–Trinajstić information content (AvgIpc) is 3.25. The molecule has 0 aromatic heterocycles. The summed E-state index contributed by atoms with van der Waals surface area (Å²) in [7, 11) is 0. The van der Waals surface area contributed by atoms with Crippen molar-refractivity contribution in [2.75, 3.05) is 18.0 Å². The molecule has 21 heavy (non-hydrogen) atoms. The quantitative estimate of drug-likeness (QED) is 0.871. The summed E-state index contributed by atoms with van der Waals surface area (Å²) < 4.78 is 1.17. The normalized spacial score (nSPS) is 26.7.